The van der Waals surface area contributed by atoms with Crippen molar-refractivity contribution in [3.63, 3.8) is 0 Å². The van der Waals surface area contributed by atoms with Crippen LogP contribution in [0.4, 0.5) is 0 Å². The van der Waals surface area contributed by atoms with Crippen molar-refractivity contribution in [1.29, 1.82) is 0 Å². The number of hydrogen-bond acceptors (Lipinski definition) is 3. The van der Waals surface area contributed by atoms with Crippen LogP contribution in [-0.2, 0) is 9.59 Å². The molecule has 0 fully saturated rings. The van der Waals surface area contributed by atoms with Crippen molar-refractivity contribution in [2.75, 3.05) is 0 Å². The molecule has 0 saturated carbocycles. The lowest BCUT2D eigenvalue weighted by atomic mass is 9.97. The van der Waals surface area contributed by atoms with E-state index in [4.69, 9.17) is 0 Å². The first-order valence-electron chi connectivity index (χ1n) is 6.53. The number of rotatable bonds is 5. The first kappa shape index (κ1) is 16.2. The third kappa shape index (κ3) is 3.57. The van der Waals surface area contributed by atoms with Gasteiger partial charge in [0, 0.05) is 0 Å². The van der Waals surface area contributed by atoms with Crippen LogP contribution in [0.25, 0.3) is 0 Å². The molecule has 5 nitrogen and oxygen atoms in total. The van der Waals surface area contributed by atoms with Gasteiger partial charge in [0.25, 0.3) is 0 Å². The third-order valence-corrected chi connectivity index (χ3v) is 3.39. The van der Waals surface area contributed by atoms with Gasteiger partial charge in [-0.1, -0.05) is 32.0 Å². The Morgan fingerprint density at radius 2 is 1.80 bits per heavy atom. The average Bonchev–Trinajstić information content (AvgIpc) is 2.38. The van der Waals surface area contributed by atoms with E-state index in [1.54, 1.807) is 26.0 Å². The molecule has 0 aliphatic carbocycles. The van der Waals surface area contributed by atoms with E-state index in [0.29, 0.717) is 5.56 Å². The molecular weight excluding hydrogens is 258 g/mol. The van der Waals surface area contributed by atoms with Gasteiger partial charge in [-0.2, -0.15) is 0 Å². The van der Waals surface area contributed by atoms with E-state index in [1.165, 1.54) is 0 Å². The number of aryl methyl sites for hydroxylation is 1. The molecule has 110 valence electrons. The normalized spacial score (nSPS) is 13.9. The van der Waals surface area contributed by atoms with Gasteiger partial charge in [-0.05, 0) is 36.5 Å². The minimum absolute atomic E-state index is 0.275. The minimum Gasteiger partial charge on any atom is -0.479 e. The van der Waals surface area contributed by atoms with Gasteiger partial charge in [-0.3, -0.25) is 4.79 Å². The summed E-state index contributed by atoms with van der Waals surface area (Å²) >= 11 is 0. The Hall–Kier alpha value is -1.88. The quantitative estimate of drug-likeness (QED) is 0.763. The zero-order valence-electron chi connectivity index (χ0n) is 12.2. The molecule has 5 heteroatoms. The SMILES string of the molecule is Cc1cccc(C(NC(=O)[C@H](O)C(C)C)C(=O)O)c1C. The summed E-state index contributed by atoms with van der Waals surface area (Å²) < 4.78 is 0. The second-order valence-corrected chi connectivity index (χ2v) is 5.26. The number of aliphatic carboxylic acids is 1. The van der Waals surface area contributed by atoms with Gasteiger partial charge in [0.1, 0.15) is 6.10 Å². The standard InChI is InChI=1S/C15H21NO4/c1-8(2)13(17)14(18)16-12(15(19)20)11-7-5-6-9(3)10(11)4/h5-8,12-13,17H,1-4H3,(H,16,18)(H,19,20)/t12?,13-/m1/s1. The predicted molar refractivity (Wildman–Crippen MR) is 75.3 cm³/mol. The lowest BCUT2D eigenvalue weighted by molar-refractivity contribution is -0.144. The molecule has 0 spiro atoms. The summed E-state index contributed by atoms with van der Waals surface area (Å²) in [4.78, 5) is 23.2. The summed E-state index contributed by atoms with van der Waals surface area (Å²) in [5.41, 5.74) is 2.30. The first-order chi connectivity index (χ1) is 9.25. The van der Waals surface area contributed by atoms with Gasteiger partial charge in [0.2, 0.25) is 5.91 Å². The zero-order chi connectivity index (χ0) is 15.4. The molecule has 20 heavy (non-hydrogen) atoms. The molecule has 0 radical (unpaired) electrons. The molecule has 0 saturated heterocycles. The fraction of sp³-hybridized carbons (Fsp3) is 0.467. The van der Waals surface area contributed by atoms with Crippen LogP contribution < -0.4 is 5.32 Å². The Balaban J connectivity index is 3.05. The molecule has 1 rings (SSSR count). The fourth-order valence-corrected chi connectivity index (χ4v) is 1.89. The van der Waals surface area contributed by atoms with Gasteiger partial charge in [-0.15, -0.1) is 0 Å². The average molecular weight is 279 g/mol. The smallest absolute Gasteiger partial charge is 0.330 e. The highest BCUT2D eigenvalue weighted by molar-refractivity contribution is 5.87. The van der Waals surface area contributed by atoms with Crippen molar-refractivity contribution in [2.24, 2.45) is 5.92 Å². The minimum atomic E-state index is -1.22. The van der Waals surface area contributed by atoms with Crippen LogP contribution in [0.1, 0.15) is 36.6 Å². The number of carboxylic acids is 1. The summed E-state index contributed by atoms with van der Waals surface area (Å²) in [6, 6.07) is 4.14. The molecule has 0 bridgehead atoms. The van der Waals surface area contributed by atoms with Crippen molar-refractivity contribution in [3.8, 4) is 0 Å². The van der Waals surface area contributed by atoms with Crippen molar-refractivity contribution in [2.45, 2.75) is 39.8 Å². The number of amides is 1. The second kappa shape index (κ2) is 6.52. The van der Waals surface area contributed by atoms with E-state index in [2.05, 4.69) is 5.32 Å². The lowest BCUT2D eigenvalue weighted by Crippen LogP contribution is -2.42. The van der Waals surface area contributed by atoms with Crippen LogP contribution in [-0.4, -0.2) is 28.2 Å². The number of aliphatic hydroxyl groups excluding tert-OH is 1. The summed E-state index contributed by atoms with van der Waals surface area (Å²) in [5.74, 6) is -2.10. The Bertz CT molecular complexity index is 511. The highest BCUT2D eigenvalue weighted by Gasteiger charge is 2.28. The Kier molecular flexibility index (Phi) is 5.27. The van der Waals surface area contributed by atoms with E-state index in [0.717, 1.165) is 11.1 Å². The number of carboxylic acid groups (broad SMARTS) is 1. The predicted octanol–water partition coefficient (Wildman–Crippen LogP) is 1.56. The highest BCUT2D eigenvalue weighted by Crippen LogP contribution is 2.21. The maximum absolute atomic E-state index is 11.8. The number of hydrogen-bond donors (Lipinski definition) is 3. The van der Waals surface area contributed by atoms with Gasteiger partial charge < -0.3 is 15.5 Å². The monoisotopic (exact) mass is 279 g/mol. The van der Waals surface area contributed by atoms with Crippen LogP contribution in [0.3, 0.4) is 0 Å². The maximum atomic E-state index is 11.8. The number of benzene rings is 1. The molecule has 0 aliphatic heterocycles. The van der Waals surface area contributed by atoms with Crippen LogP contribution in [0.5, 0.6) is 0 Å². The summed E-state index contributed by atoms with van der Waals surface area (Å²) in [6.45, 7) is 7.07. The molecule has 3 N–H and O–H groups in total. The van der Waals surface area contributed by atoms with E-state index in [1.807, 2.05) is 19.9 Å². The van der Waals surface area contributed by atoms with E-state index >= 15 is 0 Å². The summed E-state index contributed by atoms with van der Waals surface area (Å²) in [6.07, 6.45) is -1.22. The molecule has 1 aromatic rings. The largest absolute Gasteiger partial charge is 0.479 e. The number of carbonyl (C=O) groups excluding carboxylic acids is 1. The Labute approximate surface area is 118 Å². The fourth-order valence-electron chi connectivity index (χ4n) is 1.89. The highest BCUT2D eigenvalue weighted by atomic mass is 16.4. The van der Waals surface area contributed by atoms with Crippen molar-refractivity contribution < 1.29 is 19.8 Å². The molecule has 1 aromatic carbocycles. The van der Waals surface area contributed by atoms with Crippen LogP contribution in [0.15, 0.2) is 18.2 Å². The maximum Gasteiger partial charge on any atom is 0.330 e. The van der Waals surface area contributed by atoms with Crippen LogP contribution in [0, 0.1) is 19.8 Å². The zero-order valence-corrected chi connectivity index (χ0v) is 12.2. The molecule has 1 amide bonds. The third-order valence-electron chi connectivity index (χ3n) is 3.39. The molecule has 0 aliphatic rings. The Morgan fingerprint density at radius 1 is 1.20 bits per heavy atom. The summed E-state index contributed by atoms with van der Waals surface area (Å²) in [5, 5.41) is 21.4. The van der Waals surface area contributed by atoms with Crippen LogP contribution in [0.2, 0.25) is 0 Å². The number of carbonyl (C=O) groups is 2. The molecule has 0 heterocycles. The molecule has 0 aromatic heterocycles. The van der Waals surface area contributed by atoms with E-state index < -0.39 is 24.0 Å². The van der Waals surface area contributed by atoms with Crippen molar-refractivity contribution in [1.82, 2.24) is 5.32 Å². The van der Waals surface area contributed by atoms with E-state index in [9.17, 15) is 19.8 Å². The van der Waals surface area contributed by atoms with Gasteiger partial charge in [0.05, 0.1) is 0 Å². The molecule has 2 atom stereocenters. The number of aliphatic hydroxyl groups is 1. The van der Waals surface area contributed by atoms with Crippen LogP contribution >= 0.6 is 0 Å². The van der Waals surface area contributed by atoms with Crippen molar-refractivity contribution in [3.05, 3.63) is 34.9 Å². The van der Waals surface area contributed by atoms with Crippen molar-refractivity contribution >= 4 is 11.9 Å². The first-order valence-corrected chi connectivity index (χ1v) is 6.53. The van der Waals surface area contributed by atoms with Gasteiger partial charge in [-0.25, -0.2) is 4.79 Å². The van der Waals surface area contributed by atoms with Gasteiger partial charge >= 0.3 is 5.97 Å². The van der Waals surface area contributed by atoms with E-state index in [-0.39, 0.29) is 5.92 Å². The second-order valence-electron chi connectivity index (χ2n) is 5.26. The van der Waals surface area contributed by atoms with Gasteiger partial charge in [0.15, 0.2) is 6.04 Å². The summed E-state index contributed by atoms with van der Waals surface area (Å²) in [7, 11) is 0. The Morgan fingerprint density at radius 3 is 2.30 bits per heavy atom. The lowest BCUT2D eigenvalue weighted by Gasteiger charge is -2.21. The topological polar surface area (TPSA) is 86.6 Å². The molecular formula is C15H21NO4. The number of nitrogens with one attached hydrogen (secondary N) is 1. The molecule has 1 unspecified atom stereocenters.